The van der Waals surface area contributed by atoms with Crippen molar-refractivity contribution in [3.63, 3.8) is 0 Å². The van der Waals surface area contributed by atoms with Gasteiger partial charge in [-0.2, -0.15) is 5.10 Å². The summed E-state index contributed by atoms with van der Waals surface area (Å²) in [4.78, 5) is 31.8. The molecule has 10 nitrogen and oxygen atoms in total. The average Bonchev–Trinajstić information content (AvgIpc) is 3.44. The topological polar surface area (TPSA) is 114 Å². The first-order valence-electron chi connectivity index (χ1n) is 12.5. The quantitative estimate of drug-likeness (QED) is 0.573. The highest BCUT2D eigenvalue weighted by molar-refractivity contribution is 5.70. The number of aryl methyl sites for hydroxylation is 1. The lowest BCUT2D eigenvalue weighted by atomic mass is 9.92. The second kappa shape index (κ2) is 9.01. The summed E-state index contributed by atoms with van der Waals surface area (Å²) >= 11 is 0. The van der Waals surface area contributed by atoms with E-state index in [4.69, 9.17) is 4.74 Å². The Morgan fingerprint density at radius 2 is 2.06 bits per heavy atom. The van der Waals surface area contributed by atoms with Gasteiger partial charge in [0.25, 0.3) is 5.56 Å². The van der Waals surface area contributed by atoms with E-state index in [9.17, 15) is 14.7 Å². The minimum absolute atomic E-state index is 0.0443. The predicted molar refractivity (Wildman–Crippen MR) is 135 cm³/mol. The van der Waals surface area contributed by atoms with Crippen molar-refractivity contribution in [2.75, 3.05) is 20.1 Å². The van der Waals surface area contributed by atoms with Crippen molar-refractivity contribution >= 4 is 11.7 Å². The number of piperidine rings is 1. The molecule has 1 aromatic carbocycles. The van der Waals surface area contributed by atoms with E-state index in [0.29, 0.717) is 12.8 Å². The van der Waals surface area contributed by atoms with Crippen LogP contribution in [-0.2, 0) is 17.7 Å². The Balaban J connectivity index is 1.40. The van der Waals surface area contributed by atoms with Gasteiger partial charge in [-0.05, 0) is 76.7 Å². The summed E-state index contributed by atoms with van der Waals surface area (Å²) in [7, 11) is 1.78. The number of rotatable bonds is 4. The number of hydrogen-bond acceptors (Lipinski definition) is 7. The van der Waals surface area contributed by atoms with Gasteiger partial charge in [0.05, 0.1) is 30.1 Å². The van der Waals surface area contributed by atoms with Crippen LogP contribution in [0.5, 0.6) is 0 Å². The standard InChI is InChI=1S/C26H34N6O4/c1-25(2,3)36-24(34)30(4)20-8-6-17-13-18(5-7-19(17)20)21-14-28-22-23(33)31(16-29-32(21)22)15-26(35)9-11-27-12-10-26/h5,7,13-14,16,20,27,35H,6,8-12,15H2,1-4H3. The maximum absolute atomic E-state index is 13.1. The minimum atomic E-state index is -0.923. The van der Waals surface area contributed by atoms with Crippen LogP contribution in [0.15, 0.2) is 35.5 Å². The van der Waals surface area contributed by atoms with Crippen LogP contribution in [-0.4, -0.2) is 66.6 Å². The lowest BCUT2D eigenvalue weighted by Crippen LogP contribution is -2.46. The molecule has 1 fully saturated rings. The van der Waals surface area contributed by atoms with Gasteiger partial charge in [-0.3, -0.25) is 9.36 Å². The monoisotopic (exact) mass is 494 g/mol. The number of amides is 1. The molecule has 5 rings (SSSR count). The number of aromatic nitrogens is 4. The fraction of sp³-hybridized carbons (Fsp3) is 0.538. The molecule has 36 heavy (non-hydrogen) atoms. The van der Waals surface area contributed by atoms with Gasteiger partial charge in [0.15, 0.2) is 0 Å². The number of carbonyl (C=O) groups excluding carboxylic acids is 1. The Morgan fingerprint density at radius 1 is 1.31 bits per heavy atom. The van der Waals surface area contributed by atoms with Crippen molar-refractivity contribution in [3.8, 4) is 11.3 Å². The van der Waals surface area contributed by atoms with Gasteiger partial charge in [0.2, 0.25) is 5.65 Å². The maximum Gasteiger partial charge on any atom is 0.410 e. The highest BCUT2D eigenvalue weighted by Gasteiger charge is 2.32. The zero-order valence-corrected chi connectivity index (χ0v) is 21.3. The van der Waals surface area contributed by atoms with Crippen molar-refractivity contribution in [3.05, 3.63) is 52.2 Å². The molecule has 3 heterocycles. The summed E-state index contributed by atoms with van der Waals surface area (Å²) in [5.41, 5.74) is 2.38. The summed E-state index contributed by atoms with van der Waals surface area (Å²) < 4.78 is 8.57. The Morgan fingerprint density at radius 3 is 2.78 bits per heavy atom. The van der Waals surface area contributed by atoms with Crippen LogP contribution in [0.1, 0.15) is 57.2 Å². The molecule has 0 spiro atoms. The van der Waals surface area contributed by atoms with Crippen LogP contribution in [0.25, 0.3) is 16.9 Å². The minimum Gasteiger partial charge on any atom is -0.444 e. The molecule has 1 amide bonds. The van der Waals surface area contributed by atoms with Crippen LogP contribution in [0.2, 0.25) is 0 Å². The van der Waals surface area contributed by atoms with Gasteiger partial charge in [-0.1, -0.05) is 12.1 Å². The number of aliphatic hydroxyl groups is 1. The van der Waals surface area contributed by atoms with E-state index in [2.05, 4.69) is 21.5 Å². The number of carbonyl (C=O) groups is 1. The van der Waals surface area contributed by atoms with Crippen molar-refractivity contribution in [1.82, 2.24) is 29.4 Å². The first kappa shape index (κ1) is 24.5. The molecule has 1 aliphatic carbocycles. The van der Waals surface area contributed by atoms with Gasteiger partial charge in [0.1, 0.15) is 11.9 Å². The SMILES string of the molecule is CN(C(=O)OC(C)(C)C)C1CCc2cc(-c3cnc4c(=O)n(CC5(O)CCNCC5)cnn34)ccc21. The van der Waals surface area contributed by atoms with E-state index in [1.54, 1.807) is 22.7 Å². The summed E-state index contributed by atoms with van der Waals surface area (Å²) in [6.45, 7) is 7.23. The van der Waals surface area contributed by atoms with E-state index in [1.165, 1.54) is 10.9 Å². The molecule has 3 aromatic rings. The largest absolute Gasteiger partial charge is 0.444 e. The molecule has 1 unspecified atom stereocenters. The number of ether oxygens (including phenoxy) is 1. The highest BCUT2D eigenvalue weighted by Crippen LogP contribution is 2.38. The summed E-state index contributed by atoms with van der Waals surface area (Å²) in [5, 5.41) is 18.6. The molecule has 0 saturated carbocycles. The molecule has 1 atom stereocenters. The smallest absolute Gasteiger partial charge is 0.410 e. The molecule has 1 aliphatic heterocycles. The second-order valence-electron chi connectivity index (χ2n) is 11.0. The van der Waals surface area contributed by atoms with E-state index in [0.717, 1.165) is 48.3 Å². The third-order valence-electron chi connectivity index (χ3n) is 7.13. The predicted octanol–water partition coefficient (Wildman–Crippen LogP) is 2.53. The first-order valence-corrected chi connectivity index (χ1v) is 12.5. The maximum atomic E-state index is 13.1. The zero-order valence-electron chi connectivity index (χ0n) is 21.3. The molecule has 0 radical (unpaired) electrons. The van der Waals surface area contributed by atoms with E-state index < -0.39 is 11.2 Å². The number of fused-ring (bicyclic) bond motifs is 2. The number of imidazole rings is 1. The lowest BCUT2D eigenvalue weighted by Gasteiger charge is -2.32. The summed E-state index contributed by atoms with van der Waals surface area (Å²) in [6.07, 6.45) is 5.65. The van der Waals surface area contributed by atoms with Crippen molar-refractivity contribution < 1.29 is 14.6 Å². The highest BCUT2D eigenvalue weighted by atomic mass is 16.6. The van der Waals surface area contributed by atoms with E-state index >= 15 is 0 Å². The zero-order chi connectivity index (χ0) is 25.7. The number of nitrogens with one attached hydrogen (secondary N) is 1. The Bertz CT molecular complexity index is 1350. The molecule has 2 aromatic heterocycles. The molecule has 1 saturated heterocycles. The van der Waals surface area contributed by atoms with Gasteiger partial charge in [0, 0.05) is 12.6 Å². The van der Waals surface area contributed by atoms with Gasteiger partial charge < -0.3 is 20.1 Å². The van der Waals surface area contributed by atoms with Gasteiger partial charge in [-0.25, -0.2) is 14.3 Å². The number of hydrogen-bond donors (Lipinski definition) is 2. The van der Waals surface area contributed by atoms with E-state index in [-0.39, 0.29) is 29.9 Å². The van der Waals surface area contributed by atoms with Crippen LogP contribution in [0, 0.1) is 0 Å². The molecule has 0 bridgehead atoms. The molecular weight excluding hydrogens is 460 g/mol. The molecular formula is C26H34N6O4. The number of benzene rings is 1. The fourth-order valence-electron chi connectivity index (χ4n) is 5.20. The van der Waals surface area contributed by atoms with Crippen molar-refractivity contribution in [1.29, 1.82) is 0 Å². The Labute approximate surface area is 209 Å². The third-order valence-corrected chi connectivity index (χ3v) is 7.13. The summed E-state index contributed by atoms with van der Waals surface area (Å²) in [6, 6.07) is 6.06. The Hall–Kier alpha value is -3.24. The van der Waals surface area contributed by atoms with Gasteiger partial charge in [-0.15, -0.1) is 0 Å². The van der Waals surface area contributed by atoms with Crippen LogP contribution >= 0.6 is 0 Å². The first-order chi connectivity index (χ1) is 17.0. The average molecular weight is 495 g/mol. The van der Waals surface area contributed by atoms with Gasteiger partial charge >= 0.3 is 6.09 Å². The fourth-order valence-corrected chi connectivity index (χ4v) is 5.20. The van der Waals surface area contributed by atoms with E-state index in [1.807, 2.05) is 32.9 Å². The van der Waals surface area contributed by atoms with Crippen LogP contribution < -0.4 is 10.9 Å². The molecule has 2 N–H and O–H groups in total. The second-order valence-corrected chi connectivity index (χ2v) is 11.0. The van der Waals surface area contributed by atoms with Crippen molar-refractivity contribution in [2.45, 2.75) is 70.2 Å². The normalized spacial score (nSPS) is 19.3. The third kappa shape index (κ3) is 4.62. The molecule has 10 heteroatoms. The number of nitrogens with zero attached hydrogens (tertiary/aromatic N) is 5. The molecule has 192 valence electrons. The van der Waals surface area contributed by atoms with Crippen LogP contribution in [0.4, 0.5) is 4.79 Å². The van der Waals surface area contributed by atoms with Crippen molar-refractivity contribution in [2.24, 2.45) is 0 Å². The Kier molecular flexibility index (Phi) is 6.12. The summed E-state index contributed by atoms with van der Waals surface area (Å²) in [5.74, 6) is 0. The van der Waals surface area contributed by atoms with Crippen LogP contribution in [0.3, 0.4) is 0 Å². The lowest BCUT2D eigenvalue weighted by molar-refractivity contribution is -0.00645. The molecule has 2 aliphatic rings.